The van der Waals surface area contributed by atoms with Crippen LogP contribution in [0.3, 0.4) is 0 Å². The van der Waals surface area contributed by atoms with Crippen molar-refractivity contribution in [3.63, 3.8) is 0 Å². The summed E-state index contributed by atoms with van der Waals surface area (Å²) in [6, 6.07) is 0. The normalized spacial score (nSPS) is 15.3. The summed E-state index contributed by atoms with van der Waals surface area (Å²) in [5.41, 5.74) is 0. The number of morpholine rings is 1. The summed E-state index contributed by atoms with van der Waals surface area (Å²) in [7, 11) is 0. The first-order valence-electron chi connectivity index (χ1n) is 7.14. The number of hydrogen-bond acceptors (Lipinski definition) is 5. The van der Waals surface area contributed by atoms with E-state index < -0.39 is 0 Å². The van der Waals surface area contributed by atoms with E-state index in [2.05, 4.69) is 20.5 Å². The molecule has 1 fully saturated rings. The van der Waals surface area contributed by atoms with Crippen molar-refractivity contribution < 1.29 is 14.3 Å². The third kappa shape index (κ3) is 4.25. The third-order valence-corrected chi connectivity index (χ3v) is 3.24. The molecular weight excluding hydrogens is 274 g/mol. The van der Waals surface area contributed by atoms with Crippen LogP contribution in [0, 0.1) is 0 Å². The summed E-state index contributed by atoms with van der Waals surface area (Å²) < 4.78 is 5.19. The summed E-state index contributed by atoms with van der Waals surface area (Å²) in [6.45, 7) is 6.59. The molecule has 2 amide bonds. The largest absolute Gasteiger partial charge is 0.378 e. The van der Waals surface area contributed by atoms with Crippen LogP contribution in [0.5, 0.6) is 0 Å². The number of H-pyrrole nitrogens is 1. The van der Waals surface area contributed by atoms with E-state index in [1.807, 2.05) is 13.8 Å². The molecule has 2 N–H and O–H groups in total. The van der Waals surface area contributed by atoms with Crippen molar-refractivity contribution in [2.45, 2.75) is 26.2 Å². The summed E-state index contributed by atoms with van der Waals surface area (Å²) in [5, 5.41) is 9.25. The SMILES string of the molecule is CC(C)c1nc(C(=O)NCCC(=O)N2CCOCC2)n[nH]1. The Morgan fingerprint density at radius 2 is 2.10 bits per heavy atom. The lowest BCUT2D eigenvalue weighted by molar-refractivity contribution is -0.135. The van der Waals surface area contributed by atoms with Crippen LogP contribution in [0.1, 0.15) is 42.6 Å². The molecule has 0 bridgehead atoms. The topological polar surface area (TPSA) is 100 Å². The first-order valence-corrected chi connectivity index (χ1v) is 7.14. The monoisotopic (exact) mass is 295 g/mol. The van der Waals surface area contributed by atoms with Crippen molar-refractivity contribution in [3.05, 3.63) is 11.6 Å². The van der Waals surface area contributed by atoms with E-state index in [4.69, 9.17) is 4.74 Å². The Morgan fingerprint density at radius 3 is 2.71 bits per heavy atom. The molecule has 116 valence electrons. The average molecular weight is 295 g/mol. The molecule has 2 rings (SSSR count). The van der Waals surface area contributed by atoms with Crippen LogP contribution in [0.2, 0.25) is 0 Å². The van der Waals surface area contributed by atoms with Gasteiger partial charge in [-0.05, 0) is 0 Å². The van der Waals surface area contributed by atoms with Gasteiger partial charge in [-0.25, -0.2) is 4.98 Å². The lowest BCUT2D eigenvalue weighted by Crippen LogP contribution is -2.42. The van der Waals surface area contributed by atoms with Crippen LogP contribution < -0.4 is 5.32 Å². The molecule has 8 nitrogen and oxygen atoms in total. The quantitative estimate of drug-likeness (QED) is 0.790. The van der Waals surface area contributed by atoms with E-state index in [9.17, 15) is 9.59 Å². The molecule has 1 aromatic heterocycles. The van der Waals surface area contributed by atoms with Crippen LogP contribution in [-0.2, 0) is 9.53 Å². The van der Waals surface area contributed by atoms with Crippen molar-refractivity contribution >= 4 is 11.8 Å². The van der Waals surface area contributed by atoms with Crippen LogP contribution in [0.25, 0.3) is 0 Å². The molecule has 0 aliphatic carbocycles. The molecule has 1 saturated heterocycles. The van der Waals surface area contributed by atoms with E-state index in [-0.39, 0.29) is 36.5 Å². The third-order valence-electron chi connectivity index (χ3n) is 3.24. The van der Waals surface area contributed by atoms with Crippen LogP contribution in [-0.4, -0.2) is 64.7 Å². The molecule has 0 saturated carbocycles. The number of carbonyl (C=O) groups is 2. The number of hydrogen-bond donors (Lipinski definition) is 2. The zero-order chi connectivity index (χ0) is 15.2. The number of nitrogens with zero attached hydrogens (tertiary/aromatic N) is 3. The molecule has 0 unspecified atom stereocenters. The highest BCUT2D eigenvalue weighted by molar-refractivity contribution is 5.90. The van der Waals surface area contributed by atoms with E-state index in [0.717, 1.165) is 0 Å². The van der Waals surface area contributed by atoms with Crippen molar-refractivity contribution in [1.82, 2.24) is 25.4 Å². The van der Waals surface area contributed by atoms with Gasteiger partial charge >= 0.3 is 0 Å². The highest BCUT2D eigenvalue weighted by atomic mass is 16.5. The van der Waals surface area contributed by atoms with Crippen LogP contribution >= 0.6 is 0 Å². The second kappa shape index (κ2) is 7.16. The van der Waals surface area contributed by atoms with Crippen molar-refractivity contribution in [2.75, 3.05) is 32.8 Å². The summed E-state index contributed by atoms with van der Waals surface area (Å²) in [5.74, 6) is 0.619. The zero-order valence-electron chi connectivity index (χ0n) is 12.4. The number of aromatic amines is 1. The van der Waals surface area contributed by atoms with Crippen molar-refractivity contribution in [1.29, 1.82) is 0 Å². The molecule has 1 aliphatic rings. The van der Waals surface area contributed by atoms with Crippen LogP contribution in [0.4, 0.5) is 0 Å². The Morgan fingerprint density at radius 1 is 1.38 bits per heavy atom. The molecule has 0 radical (unpaired) electrons. The van der Waals surface area contributed by atoms with Gasteiger partial charge in [-0.3, -0.25) is 14.7 Å². The fraction of sp³-hybridized carbons (Fsp3) is 0.692. The Kier molecular flexibility index (Phi) is 5.26. The smallest absolute Gasteiger partial charge is 0.290 e. The lowest BCUT2D eigenvalue weighted by Gasteiger charge is -2.26. The van der Waals surface area contributed by atoms with Gasteiger partial charge in [0.15, 0.2) is 0 Å². The highest BCUT2D eigenvalue weighted by Gasteiger charge is 2.18. The van der Waals surface area contributed by atoms with Gasteiger partial charge in [0.05, 0.1) is 13.2 Å². The zero-order valence-corrected chi connectivity index (χ0v) is 12.4. The summed E-state index contributed by atoms with van der Waals surface area (Å²) in [6.07, 6.45) is 0.271. The minimum absolute atomic E-state index is 0.0245. The maximum atomic E-state index is 11.9. The maximum absolute atomic E-state index is 11.9. The fourth-order valence-electron chi connectivity index (χ4n) is 1.97. The Hall–Kier alpha value is -1.96. The predicted molar refractivity (Wildman–Crippen MR) is 74.8 cm³/mol. The number of aromatic nitrogens is 3. The Balaban J connectivity index is 1.74. The Labute approximate surface area is 123 Å². The molecule has 8 heteroatoms. The summed E-state index contributed by atoms with van der Waals surface area (Å²) in [4.78, 5) is 29.6. The average Bonchev–Trinajstić information content (AvgIpc) is 2.98. The minimum atomic E-state index is -0.368. The molecule has 21 heavy (non-hydrogen) atoms. The number of rotatable bonds is 5. The second-order valence-electron chi connectivity index (χ2n) is 5.20. The summed E-state index contributed by atoms with van der Waals surface area (Å²) >= 11 is 0. The number of nitrogens with one attached hydrogen (secondary N) is 2. The molecule has 1 aliphatic heterocycles. The van der Waals surface area contributed by atoms with Gasteiger partial charge < -0.3 is 15.0 Å². The number of amides is 2. The second-order valence-corrected chi connectivity index (χ2v) is 5.20. The van der Waals surface area contributed by atoms with Crippen molar-refractivity contribution in [3.8, 4) is 0 Å². The Bertz CT molecular complexity index is 494. The molecule has 1 aromatic rings. The van der Waals surface area contributed by atoms with E-state index >= 15 is 0 Å². The minimum Gasteiger partial charge on any atom is -0.378 e. The van der Waals surface area contributed by atoms with E-state index in [1.165, 1.54) is 0 Å². The molecular formula is C13H21N5O3. The van der Waals surface area contributed by atoms with Crippen molar-refractivity contribution in [2.24, 2.45) is 0 Å². The van der Waals surface area contributed by atoms with Gasteiger partial charge in [-0.15, -0.1) is 5.10 Å². The molecule has 0 spiro atoms. The fourth-order valence-corrected chi connectivity index (χ4v) is 1.97. The first-order chi connectivity index (χ1) is 10.1. The number of ether oxygens (including phenoxy) is 1. The van der Waals surface area contributed by atoms with E-state index in [1.54, 1.807) is 4.90 Å². The van der Waals surface area contributed by atoms with Gasteiger partial charge in [0, 0.05) is 32.0 Å². The maximum Gasteiger partial charge on any atom is 0.290 e. The van der Waals surface area contributed by atoms with Gasteiger partial charge in [-0.2, -0.15) is 0 Å². The van der Waals surface area contributed by atoms with Gasteiger partial charge in [-0.1, -0.05) is 13.8 Å². The molecule has 0 atom stereocenters. The van der Waals surface area contributed by atoms with Gasteiger partial charge in [0.2, 0.25) is 11.7 Å². The van der Waals surface area contributed by atoms with Gasteiger partial charge in [0.25, 0.3) is 5.91 Å². The predicted octanol–water partition coefficient (Wildman–Crippen LogP) is -0.0932. The first kappa shape index (κ1) is 15.4. The number of carbonyl (C=O) groups excluding carboxylic acids is 2. The molecule has 2 heterocycles. The van der Waals surface area contributed by atoms with Gasteiger partial charge in [0.1, 0.15) is 5.82 Å². The standard InChI is InChI=1S/C13H21N5O3/c1-9(2)11-15-12(17-16-11)13(20)14-4-3-10(19)18-5-7-21-8-6-18/h9H,3-8H2,1-2H3,(H,14,20)(H,15,16,17). The lowest BCUT2D eigenvalue weighted by atomic mass is 10.2. The van der Waals surface area contributed by atoms with Crippen LogP contribution in [0.15, 0.2) is 0 Å². The van der Waals surface area contributed by atoms with E-state index in [0.29, 0.717) is 32.1 Å². The highest BCUT2D eigenvalue weighted by Crippen LogP contribution is 2.07. The molecule has 0 aromatic carbocycles.